The molecule has 2 heterocycles. The summed E-state index contributed by atoms with van der Waals surface area (Å²) in [4.78, 5) is 240. The maximum Gasteiger partial charge on any atom is 0.326 e. The van der Waals surface area contributed by atoms with Crippen LogP contribution in [-0.2, 0) is 94.3 Å². The van der Waals surface area contributed by atoms with Gasteiger partial charge in [-0.15, -0.1) is 0 Å². The Labute approximate surface area is 735 Å². The number of hydrogen-bond donors (Lipinski definition) is 26. The first-order chi connectivity index (χ1) is 59.5. The van der Waals surface area contributed by atoms with E-state index in [0.717, 1.165) is 4.90 Å². The van der Waals surface area contributed by atoms with Crippen molar-refractivity contribution in [3.8, 4) is 11.5 Å². The van der Waals surface area contributed by atoms with Gasteiger partial charge in [-0.2, -0.15) is 12.6 Å². The summed E-state index contributed by atoms with van der Waals surface area (Å²) in [6.45, 7) is 10.3. The summed E-state index contributed by atoms with van der Waals surface area (Å²) in [6, 6.07) is -10.1. The van der Waals surface area contributed by atoms with Crippen LogP contribution in [0.25, 0.3) is 0 Å². The number of nitrogens with two attached hydrogens (primary N) is 5. The fourth-order valence-corrected chi connectivity index (χ4v) is 14.3. The van der Waals surface area contributed by atoms with Crippen LogP contribution >= 0.6 is 12.6 Å². The number of primary amides is 1. The summed E-state index contributed by atoms with van der Waals surface area (Å²) in [7, 11) is 0. The smallest absolute Gasteiger partial charge is 0.326 e. The van der Waals surface area contributed by atoms with Crippen molar-refractivity contribution in [3.63, 3.8) is 0 Å². The average molecular weight is 1790 g/mol. The monoisotopic (exact) mass is 1790 g/mol. The number of phenolic OH excluding ortho intramolecular Hbond substituents is 2. The topological polar surface area (TPSA) is 732 Å². The van der Waals surface area contributed by atoms with Gasteiger partial charge in [0, 0.05) is 57.6 Å². The van der Waals surface area contributed by atoms with Gasteiger partial charge in [0.2, 0.25) is 82.7 Å². The number of guanidine groups is 2. The van der Waals surface area contributed by atoms with Crippen LogP contribution in [-0.4, -0.2) is 271 Å². The summed E-state index contributed by atoms with van der Waals surface area (Å²) in [5.74, 6) is -20.2. The number of carboxylic acid groups (broad SMARTS) is 3. The van der Waals surface area contributed by atoms with Crippen molar-refractivity contribution >= 4 is 125 Å². The second-order valence-electron chi connectivity index (χ2n) is 32.3. The van der Waals surface area contributed by atoms with E-state index >= 15 is 9.59 Å². The van der Waals surface area contributed by atoms with E-state index in [1.165, 1.54) is 53.4 Å². The number of thiol groups is 1. The Bertz CT molecular complexity index is 4090. The number of nitrogens with zero attached hydrogens (tertiary/aromatic N) is 2. The zero-order valence-electron chi connectivity index (χ0n) is 71.9. The minimum absolute atomic E-state index is 0.00793. The Morgan fingerprint density at radius 2 is 0.810 bits per heavy atom. The van der Waals surface area contributed by atoms with E-state index in [0.29, 0.717) is 17.5 Å². The van der Waals surface area contributed by atoms with E-state index in [1.807, 2.05) is 0 Å². The van der Waals surface area contributed by atoms with Crippen LogP contribution in [0.2, 0.25) is 0 Å². The Hall–Kier alpha value is -12.2. The van der Waals surface area contributed by atoms with Crippen LogP contribution < -0.4 is 97.8 Å². The molecule has 0 aliphatic carbocycles. The van der Waals surface area contributed by atoms with Gasteiger partial charge >= 0.3 is 17.9 Å². The van der Waals surface area contributed by atoms with Crippen LogP contribution in [0.3, 0.4) is 0 Å². The number of unbranched alkanes of at least 4 members (excludes halogenated alkanes) is 1. The summed E-state index contributed by atoms with van der Waals surface area (Å²) < 4.78 is 0. The van der Waals surface area contributed by atoms with Gasteiger partial charge in [0.1, 0.15) is 90.0 Å². The Balaban J connectivity index is 1.68. The maximum absolute atomic E-state index is 15.2. The van der Waals surface area contributed by atoms with Gasteiger partial charge in [-0.05, 0) is 156 Å². The first-order valence-corrected chi connectivity index (χ1v) is 42.8. The molecule has 2 fully saturated rings. The summed E-state index contributed by atoms with van der Waals surface area (Å²) in [5.41, 5.74) is 29.3. The van der Waals surface area contributed by atoms with E-state index in [1.54, 1.807) is 41.5 Å². The number of carboxylic acids is 3. The molecule has 0 unspecified atom stereocenters. The molecule has 4 rings (SSSR count). The molecule has 2 aromatic rings. The normalized spacial score (nSPS) is 16.7. The van der Waals surface area contributed by atoms with Gasteiger partial charge in [0.05, 0.1) is 12.5 Å². The highest BCUT2D eigenvalue weighted by atomic mass is 32.1. The molecule has 0 spiro atoms. The van der Waals surface area contributed by atoms with E-state index in [2.05, 4.69) is 81.7 Å². The average Bonchev–Trinajstić information content (AvgIpc) is 1.64. The van der Waals surface area contributed by atoms with Crippen molar-refractivity contribution in [3.05, 3.63) is 59.7 Å². The number of phenols is 2. The molecule has 126 heavy (non-hydrogen) atoms. The van der Waals surface area contributed by atoms with Crippen molar-refractivity contribution in [1.82, 2.24) is 78.9 Å². The predicted molar refractivity (Wildman–Crippen MR) is 461 cm³/mol. The highest BCUT2D eigenvalue weighted by Crippen LogP contribution is 2.25. The zero-order valence-corrected chi connectivity index (χ0v) is 72.8. The number of amides is 14. The number of likely N-dealkylation sites (tertiary alicyclic amines) is 2. The van der Waals surface area contributed by atoms with E-state index < -0.39 is 242 Å². The third kappa shape index (κ3) is 36.9. The second kappa shape index (κ2) is 53.9. The molecule has 0 saturated carbocycles. The lowest BCUT2D eigenvalue weighted by molar-refractivity contribution is -0.144. The minimum atomic E-state index is -1.99. The molecule has 14 amide bonds. The number of benzene rings is 2. The molecule has 2 aliphatic rings. The van der Waals surface area contributed by atoms with Crippen LogP contribution in [0.5, 0.6) is 11.5 Å². The molecule has 0 radical (unpaired) electrons. The predicted octanol–water partition coefficient (Wildman–Crippen LogP) is -4.06. The molecule has 44 nitrogen and oxygen atoms in total. The molecule has 15 atom stereocenters. The first-order valence-electron chi connectivity index (χ1n) is 42.2. The number of carbonyl (C=O) groups excluding carboxylic acids is 14. The Morgan fingerprint density at radius 1 is 0.452 bits per heavy atom. The number of nitrogens with one attached hydrogen (secondary N) is 15. The number of hydrogen-bond acceptors (Lipinski definition) is 24. The molecule has 2 aromatic carbocycles. The lowest BCUT2D eigenvalue weighted by Gasteiger charge is -2.32. The van der Waals surface area contributed by atoms with Gasteiger partial charge in [-0.3, -0.25) is 87.5 Å². The molecule has 30 N–H and O–H groups in total. The highest BCUT2D eigenvalue weighted by Gasteiger charge is 2.44. The number of carbonyl (C=O) groups is 17. The standard InChI is InChI=1S/C81H128N22O22S/c1-7-44(6)65(76(121)100-59(79(124)125)37-43(4)5)101-73(118)57(39-46-21-25-48(105)26-22-46)99-75(120)61-18-13-35-103(61)78(123)54(16-11-33-90-81(87)88)94-67(112)50(15-10-32-89-80(85)86)93-74(119)60-17-12-34-102(60)77(122)53(14-8-9-31-82)95-72(117)58(40-62(84)106)98-69(114)52(28-30-64(109)110)92-71(116)56(38-45-19-23-47(104)24-20-45)97-70(115)55(36-42(2)3)96-68(113)51(27-29-63(107)108)91-66(111)49(83)41-126/h19-26,42-44,49-61,65,104-105,126H,7-18,27-41,82-83H2,1-6H3,(H2,84,106)(H,91,111)(H,92,116)(H,93,119)(H,94,112)(H,95,117)(H,96,113)(H,97,115)(H,98,114)(H,99,120)(H,100,121)(H,101,118)(H,107,108)(H,109,110)(H,124,125)(H4,85,86,89)(H4,87,88,90)/t44-,49-,50-,51-,52-,53-,54-,55-,56-,57-,58-,59-,60-,61-,65-/m0/s1. The lowest BCUT2D eigenvalue weighted by Crippen LogP contribution is -2.61. The van der Waals surface area contributed by atoms with E-state index in [9.17, 15) is 97.5 Å². The molecule has 700 valence electrons. The second-order valence-corrected chi connectivity index (χ2v) is 32.6. The molecule has 0 aromatic heterocycles. The quantitative estimate of drug-likeness (QED) is 0.0130. The maximum atomic E-state index is 15.2. The van der Waals surface area contributed by atoms with Crippen LogP contribution in [0.1, 0.15) is 175 Å². The Morgan fingerprint density at radius 3 is 1.23 bits per heavy atom. The molecule has 45 heteroatoms. The SMILES string of the molecule is CC[C@H](C)[C@H](NC(=O)[C@H](Cc1ccc(O)cc1)NC(=O)[C@@H]1CCCN1C(=O)[C@H](CCCNC(=N)N)NC(=O)[C@H](CCCNC(=N)N)NC(=O)[C@@H]1CCCN1C(=O)[C@H](CCCCN)NC(=O)[C@H](CC(N)=O)NC(=O)[C@H](CCC(=O)O)NC(=O)[C@H](Cc1ccc(O)cc1)NC(=O)[C@H](CC(C)C)NC(=O)[C@H](CCC(=O)O)NC(=O)[C@@H](N)CS)C(=O)N[C@@H](CC(C)C)C(=O)O. The van der Waals surface area contributed by atoms with Gasteiger partial charge in [-0.1, -0.05) is 72.2 Å². The first kappa shape index (κ1) is 106. The van der Waals surface area contributed by atoms with Crippen molar-refractivity contribution < 1.29 is 107 Å². The van der Waals surface area contributed by atoms with Crippen molar-refractivity contribution in [1.29, 1.82) is 10.8 Å². The van der Waals surface area contributed by atoms with Crippen LogP contribution in [0.15, 0.2) is 48.5 Å². The van der Waals surface area contributed by atoms with E-state index in [-0.39, 0.29) is 152 Å². The van der Waals surface area contributed by atoms with Crippen molar-refractivity contribution in [2.75, 3.05) is 38.5 Å². The van der Waals surface area contributed by atoms with Crippen molar-refractivity contribution in [2.45, 2.75) is 261 Å². The van der Waals surface area contributed by atoms with Crippen LogP contribution in [0, 0.1) is 28.6 Å². The molecule has 2 aliphatic heterocycles. The zero-order chi connectivity index (χ0) is 94.2. The fourth-order valence-electron chi connectivity index (χ4n) is 14.1. The third-order valence-corrected chi connectivity index (χ3v) is 21.5. The molecular weight excluding hydrogens is 1670 g/mol. The van der Waals surface area contributed by atoms with E-state index in [4.69, 9.17) is 39.5 Å². The van der Waals surface area contributed by atoms with Gasteiger partial charge < -0.3 is 133 Å². The van der Waals surface area contributed by atoms with Gasteiger partial charge in [0.15, 0.2) is 11.9 Å². The molecule has 0 bridgehead atoms. The van der Waals surface area contributed by atoms with Gasteiger partial charge in [0.25, 0.3) is 0 Å². The largest absolute Gasteiger partial charge is 0.508 e. The number of aromatic hydroxyl groups is 2. The van der Waals surface area contributed by atoms with Crippen molar-refractivity contribution in [2.24, 2.45) is 46.4 Å². The third-order valence-electron chi connectivity index (χ3n) is 21.1. The van der Waals surface area contributed by atoms with Crippen LogP contribution in [0.4, 0.5) is 0 Å². The summed E-state index contributed by atoms with van der Waals surface area (Å²) >= 11 is 4.00. The minimum Gasteiger partial charge on any atom is -0.508 e. The number of rotatable bonds is 56. The molecular formula is C81H128N22O22S. The lowest BCUT2D eigenvalue weighted by atomic mass is 9.96. The summed E-state index contributed by atoms with van der Waals surface area (Å²) in [6.07, 6.45) is -3.45. The summed E-state index contributed by atoms with van der Waals surface area (Å²) in [5, 5.41) is 98.5. The highest BCUT2D eigenvalue weighted by molar-refractivity contribution is 7.80. The molecule has 2 saturated heterocycles. The van der Waals surface area contributed by atoms with Gasteiger partial charge in [-0.25, -0.2) is 4.79 Å². The fraction of sp³-hybridized carbons (Fsp3) is 0.617. The number of aliphatic carboxylic acids is 3. The Kier molecular flexibility index (Phi) is 45.4.